The van der Waals surface area contributed by atoms with Crippen molar-refractivity contribution in [3.8, 4) is 5.75 Å². The van der Waals surface area contributed by atoms with Gasteiger partial charge in [0.25, 0.3) is 0 Å². The van der Waals surface area contributed by atoms with Crippen LogP contribution in [0.15, 0.2) is 35.7 Å². The van der Waals surface area contributed by atoms with Gasteiger partial charge in [-0.1, -0.05) is 0 Å². The van der Waals surface area contributed by atoms with Crippen LogP contribution in [-0.4, -0.2) is 30.4 Å². The first-order valence-corrected chi connectivity index (χ1v) is 8.47. The second-order valence-corrected chi connectivity index (χ2v) is 6.77. The van der Waals surface area contributed by atoms with E-state index < -0.39 is 9.84 Å². The molecule has 1 heterocycles. The van der Waals surface area contributed by atoms with E-state index >= 15 is 0 Å². The highest BCUT2D eigenvalue weighted by atomic mass is 32.2. The van der Waals surface area contributed by atoms with E-state index in [9.17, 15) is 13.2 Å². The summed E-state index contributed by atoms with van der Waals surface area (Å²) >= 11 is 0. The maximum Gasteiger partial charge on any atom is 0.227 e. The van der Waals surface area contributed by atoms with E-state index in [-0.39, 0.29) is 16.7 Å². The van der Waals surface area contributed by atoms with Crippen LogP contribution in [0.5, 0.6) is 5.75 Å². The molecule has 6 nitrogen and oxygen atoms in total. The SMILES string of the molecule is CCOc1ccc(C(C)=O)cc1CS(=O)(=O)c1nccn1C. The van der Waals surface area contributed by atoms with Gasteiger partial charge in [0.1, 0.15) is 5.75 Å². The summed E-state index contributed by atoms with van der Waals surface area (Å²) < 4.78 is 31.9. The van der Waals surface area contributed by atoms with Gasteiger partial charge in [-0.05, 0) is 32.0 Å². The van der Waals surface area contributed by atoms with E-state index in [1.165, 1.54) is 17.7 Å². The van der Waals surface area contributed by atoms with Gasteiger partial charge in [-0.25, -0.2) is 13.4 Å². The molecule has 0 atom stereocenters. The number of nitrogens with zero attached hydrogens (tertiary/aromatic N) is 2. The normalized spacial score (nSPS) is 11.4. The average Bonchev–Trinajstić information content (AvgIpc) is 2.87. The largest absolute Gasteiger partial charge is 0.494 e. The first kappa shape index (κ1) is 16.2. The van der Waals surface area contributed by atoms with Gasteiger partial charge in [0.05, 0.1) is 12.4 Å². The van der Waals surface area contributed by atoms with Crippen molar-refractivity contribution in [3.63, 3.8) is 0 Å². The molecule has 0 aliphatic rings. The number of imidazole rings is 1. The molecule has 2 rings (SSSR count). The van der Waals surface area contributed by atoms with Crippen LogP contribution in [0, 0.1) is 0 Å². The summed E-state index contributed by atoms with van der Waals surface area (Å²) in [5.74, 6) is 0.0675. The third-order valence-electron chi connectivity index (χ3n) is 3.17. The molecule has 0 spiro atoms. The molecule has 118 valence electrons. The molecule has 1 aromatic carbocycles. The van der Waals surface area contributed by atoms with Gasteiger partial charge in [-0.3, -0.25) is 4.79 Å². The fraction of sp³-hybridized carbons (Fsp3) is 0.333. The van der Waals surface area contributed by atoms with Crippen molar-refractivity contribution in [3.05, 3.63) is 41.7 Å². The van der Waals surface area contributed by atoms with Crippen LogP contribution in [0.1, 0.15) is 29.8 Å². The summed E-state index contributed by atoms with van der Waals surface area (Å²) in [6.45, 7) is 3.66. The van der Waals surface area contributed by atoms with E-state index in [2.05, 4.69) is 4.98 Å². The number of rotatable bonds is 6. The predicted molar refractivity (Wildman–Crippen MR) is 81.7 cm³/mol. The number of ether oxygens (including phenoxy) is 1. The number of sulfone groups is 1. The van der Waals surface area contributed by atoms with Crippen molar-refractivity contribution in [2.45, 2.75) is 24.8 Å². The lowest BCUT2D eigenvalue weighted by Gasteiger charge is -2.12. The predicted octanol–water partition coefficient (Wildman–Crippen LogP) is 2.00. The van der Waals surface area contributed by atoms with Gasteiger partial charge in [0, 0.05) is 30.6 Å². The van der Waals surface area contributed by atoms with E-state index in [1.807, 2.05) is 6.92 Å². The van der Waals surface area contributed by atoms with Gasteiger partial charge in [-0.15, -0.1) is 0 Å². The zero-order valence-electron chi connectivity index (χ0n) is 12.7. The van der Waals surface area contributed by atoms with Crippen molar-refractivity contribution >= 4 is 15.6 Å². The number of carbonyl (C=O) groups is 1. The monoisotopic (exact) mass is 322 g/mol. The molecule has 0 saturated carbocycles. The minimum Gasteiger partial charge on any atom is -0.494 e. The number of benzene rings is 1. The second kappa shape index (κ2) is 6.31. The summed E-state index contributed by atoms with van der Waals surface area (Å²) in [5, 5.41) is -0.0109. The Morgan fingerprint density at radius 1 is 1.36 bits per heavy atom. The van der Waals surface area contributed by atoms with Crippen LogP contribution in [0.3, 0.4) is 0 Å². The smallest absolute Gasteiger partial charge is 0.227 e. The minimum absolute atomic E-state index is 0.0109. The summed E-state index contributed by atoms with van der Waals surface area (Å²) in [5.41, 5.74) is 0.908. The van der Waals surface area contributed by atoms with Gasteiger partial charge >= 0.3 is 0 Å². The molecular formula is C15H18N2O4S. The number of Topliss-reactive ketones (excluding diaryl/α,β-unsaturated/α-hetero) is 1. The third-order valence-corrected chi connectivity index (χ3v) is 4.81. The molecule has 0 amide bonds. The Balaban J connectivity index is 2.45. The van der Waals surface area contributed by atoms with E-state index in [0.29, 0.717) is 23.5 Å². The lowest BCUT2D eigenvalue weighted by molar-refractivity contribution is 0.101. The molecule has 0 radical (unpaired) electrons. The highest BCUT2D eigenvalue weighted by Gasteiger charge is 2.22. The van der Waals surface area contributed by atoms with Crippen LogP contribution in [-0.2, 0) is 22.6 Å². The third kappa shape index (κ3) is 3.36. The van der Waals surface area contributed by atoms with Gasteiger partial charge in [-0.2, -0.15) is 0 Å². The molecule has 0 N–H and O–H groups in total. The number of aryl methyl sites for hydroxylation is 1. The Bertz CT molecular complexity index is 794. The van der Waals surface area contributed by atoms with Crippen molar-refractivity contribution in [1.82, 2.24) is 9.55 Å². The summed E-state index contributed by atoms with van der Waals surface area (Å²) in [7, 11) is -2.00. The zero-order chi connectivity index (χ0) is 16.3. The van der Waals surface area contributed by atoms with Crippen molar-refractivity contribution in [2.75, 3.05) is 6.61 Å². The molecule has 7 heteroatoms. The van der Waals surface area contributed by atoms with Crippen molar-refractivity contribution in [1.29, 1.82) is 0 Å². The lowest BCUT2D eigenvalue weighted by atomic mass is 10.1. The Morgan fingerprint density at radius 2 is 2.09 bits per heavy atom. The number of carbonyl (C=O) groups excluding carboxylic acids is 1. The summed E-state index contributed by atoms with van der Waals surface area (Å²) in [6, 6.07) is 4.82. The first-order valence-electron chi connectivity index (χ1n) is 6.82. The Kier molecular flexibility index (Phi) is 4.65. The zero-order valence-corrected chi connectivity index (χ0v) is 13.6. The molecule has 0 bridgehead atoms. The maximum absolute atomic E-state index is 12.5. The second-order valence-electron chi connectivity index (χ2n) is 4.89. The fourth-order valence-corrected chi connectivity index (χ4v) is 3.61. The lowest BCUT2D eigenvalue weighted by Crippen LogP contribution is -2.12. The molecule has 0 saturated heterocycles. The van der Waals surface area contributed by atoms with Gasteiger partial charge in [0.2, 0.25) is 15.0 Å². The quantitative estimate of drug-likeness (QED) is 0.760. The Morgan fingerprint density at radius 3 is 2.64 bits per heavy atom. The van der Waals surface area contributed by atoms with E-state index in [4.69, 9.17) is 4.74 Å². The number of ketones is 1. The number of aromatic nitrogens is 2. The van der Waals surface area contributed by atoms with Crippen LogP contribution >= 0.6 is 0 Å². The van der Waals surface area contributed by atoms with Crippen LogP contribution in [0.25, 0.3) is 0 Å². The van der Waals surface area contributed by atoms with Gasteiger partial charge in [0.15, 0.2) is 5.78 Å². The fourth-order valence-electron chi connectivity index (χ4n) is 2.13. The highest BCUT2D eigenvalue weighted by molar-refractivity contribution is 7.90. The van der Waals surface area contributed by atoms with Crippen LogP contribution < -0.4 is 4.74 Å². The molecule has 2 aromatic rings. The minimum atomic E-state index is -3.62. The molecule has 22 heavy (non-hydrogen) atoms. The van der Waals surface area contributed by atoms with Crippen LogP contribution in [0.2, 0.25) is 0 Å². The molecule has 0 unspecified atom stereocenters. The first-order chi connectivity index (χ1) is 10.3. The summed E-state index contributed by atoms with van der Waals surface area (Å²) in [4.78, 5) is 15.4. The standard InChI is InChI=1S/C15H18N2O4S/c1-4-21-14-6-5-12(11(2)18)9-13(14)10-22(19,20)15-16-7-8-17(15)3/h5-9H,4,10H2,1-3H3. The summed E-state index contributed by atoms with van der Waals surface area (Å²) in [6.07, 6.45) is 3.00. The molecule has 1 aromatic heterocycles. The van der Waals surface area contributed by atoms with E-state index in [0.717, 1.165) is 0 Å². The van der Waals surface area contributed by atoms with E-state index in [1.54, 1.807) is 31.4 Å². The number of hydrogen-bond acceptors (Lipinski definition) is 5. The van der Waals surface area contributed by atoms with Crippen molar-refractivity contribution in [2.24, 2.45) is 7.05 Å². The Hall–Kier alpha value is -2.15. The average molecular weight is 322 g/mol. The van der Waals surface area contributed by atoms with Gasteiger partial charge < -0.3 is 9.30 Å². The highest BCUT2D eigenvalue weighted by Crippen LogP contribution is 2.25. The Labute approximate surface area is 129 Å². The molecule has 0 fully saturated rings. The molecule has 0 aliphatic carbocycles. The number of hydrogen-bond donors (Lipinski definition) is 0. The van der Waals surface area contributed by atoms with Crippen LogP contribution in [0.4, 0.5) is 0 Å². The van der Waals surface area contributed by atoms with Crippen molar-refractivity contribution < 1.29 is 17.9 Å². The topological polar surface area (TPSA) is 78.3 Å². The maximum atomic E-state index is 12.5. The molecular weight excluding hydrogens is 304 g/mol. The molecule has 0 aliphatic heterocycles.